The Labute approximate surface area is 139 Å². The molecule has 1 saturated heterocycles. The van der Waals surface area contributed by atoms with Crippen molar-refractivity contribution >= 4 is 10.0 Å². The van der Waals surface area contributed by atoms with Gasteiger partial charge >= 0.3 is 0 Å². The van der Waals surface area contributed by atoms with E-state index in [9.17, 15) is 8.42 Å². The molecule has 0 aromatic heterocycles. The lowest BCUT2D eigenvalue weighted by Gasteiger charge is -2.27. The van der Waals surface area contributed by atoms with E-state index >= 15 is 0 Å². The number of aryl methyl sites for hydroxylation is 2. The summed E-state index contributed by atoms with van der Waals surface area (Å²) in [6.07, 6.45) is 3.12. The minimum Gasteiger partial charge on any atom is -0.492 e. The van der Waals surface area contributed by atoms with Gasteiger partial charge in [0.25, 0.3) is 0 Å². The standard InChI is InChI=1S/C17H27NO4S/c1-4-5-6-9-22-16-12-14(2)15(3)13-17(16)23(19,20)18-7-10-21-11-8-18/h12-13H,4-11H2,1-3H3. The average molecular weight is 341 g/mol. The minimum atomic E-state index is -3.55. The van der Waals surface area contributed by atoms with Gasteiger partial charge in [0.15, 0.2) is 0 Å². The summed E-state index contributed by atoms with van der Waals surface area (Å²) in [6.45, 7) is 8.24. The van der Waals surface area contributed by atoms with Gasteiger partial charge in [-0.15, -0.1) is 0 Å². The van der Waals surface area contributed by atoms with Gasteiger partial charge in [0.05, 0.1) is 19.8 Å². The van der Waals surface area contributed by atoms with Crippen LogP contribution in [0.2, 0.25) is 0 Å². The van der Waals surface area contributed by atoms with Crippen LogP contribution in [-0.4, -0.2) is 45.6 Å². The molecular formula is C17H27NO4S. The minimum absolute atomic E-state index is 0.277. The van der Waals surface area contributed by atoms with Gasteiger partial charge in [-0.05, 0) is 43.5 Å². The summed E-state index contributed by atoms with van der Waals surface area (Å²) < 4.78 is 38.5. The second kappa shape index (κ2) is 8.13. The van der Waals surface area contributed by atoms with Crippen molar-refractivity contribution in [1.82, 2.24) is 4.31 Å². The van der Waals surface area contributed by atoms with Crippen LogP contribution in [0.1, 0.15) is 37.3 Å². The van der Waals surface area contributed by atoms with Crippen molar-refractivity contribution in [3.63, 3.8) is 0 Å². The Kier molecular flexibility index (Phi) is 6.44. The van der Waals surface area contributed by atoms with E-state index in [1.807, 2.05) is 19.9 Å². The van der Waals surface area contributed by atoms with E-state index in [-0.39, 0.29) is 4.90 Å². The lowest BCUT2D eigenvalue weighted by molar-refractivity contribution is 0.0729. The number of morpholine rings is 1. The lowest BCUT2D eigenvalue weighted by Crippen LogP contribution is -2.40. The Hall–Kier alpha value is -1.11. The highest BCUT2D eigenvalue weighted by Gasteiger charge is 2.29. The van der Waals surface area contributed by atoms with Crippen molar-refractivity contribution < 1.29 is 17.9 Å². The third-order valence-electron chi connectivity index (χ3n) is 4.15. The molecule has 5 nitrogen and oxygen atoms in total. The molecule has 0 N–H and O–H groups in total. The first-order valence-corrected chi connectivity index (χ1v) is 9.72. The van der Waals surface area contributed by atoms with Crippen LogP contribution in [0.25, 0.3) is 0 Å². The Morgan fingerprint density at radius 1 is 1.13 bits per heavy atom. The molecule has 1 fully saturated rings. The van der Waals surface area contributed by atoms with Gasteiger partial charge in [-0.2, -0.15) is 4.31 Å². The zero-order valence-electron chi connectivity index (χ0n) is 14.3. The van der Waals surface area contributed by atoms with Crippen molar-refractivity contribution in [3.05, 3.63) is 23.3 Å². The van der Waals surface area contributed by atoms with E-state index in [1.165, 1.54) is 4.31 Å². The SMILES string of the molecule is CCCCCOc1cc(C)c(C)cc1S(=O)(=O)N1CCOCC1. The van der Waals surface area contributed by atoms with Crippen LogP contribution in [0, 0.1) is 13.8 Å². The molecule has 0 aliphatic carbocycles. The topological polar surface area (TPSA) is 55.8 Å². The van der Waals surface area contributed by atoms with Crippen LogP contribution in [0.5, 0.6) is 5.75 Å². The number of unbranched alkanes of at least 4 members (excludes halogenated alkanes) is 2. The number of hydrogen-bond donors (Lipinski definition) is 0. The highest BCUT2D eigenvalue weighted by Crippen LogP contribution is 2.30. The van der Waals surface area contributed by atoms with Gasteiger partial charge in [0.1, 0.15) is 10.6 Å². The molecule has 0 radical (unpaired) electrons. The molecule has 0 atom stereocenters. The Bertz CT molecular complexity index is 622. The molecule has 1 aliphatic heterocycles. The number of hydrogen-bond acceptors (Lipinski definition) is 4. The fourth-order valence-corrected chi connectivity index (χ4v) is 4.14. The lowest BCUT2D eigenvalue weighted by atomic mass is 10.1. The summed E-state index contributed by atoms with van der Waals surface area (Å²) in [7, 11) is -3.55. The van der Waals surface area contributed by atoms with E-state index in [0.29, 0.717) is 38.7 Å². The predicted molar refractivity (Wildman–Crippen MR) is 90.5 cm³/mol. The Morgan fingerprint density at radius 3 is 2.43 bits per heavy atom. The maximum atomic E-state index is 13.0. The van der Waals surface area contributed by atoms with Crippen LogP contribution in [0.4, 0.5) is 0 Å². The number of sulfonamides is 1. The number of benzene rings is 1. The van der Waals surface area contributed by atoms with Crippen LogP contribution in [0.15, 0.2) is 17.0 Å². The van der Waals surface area contributed by atoms with Gasteiger partial charge in [0, 0.05) is 13.1 Å². The molecule has 130 valence electrons. The monoisotopic (exact) mass is 341 g/mol. The average Bonchev–Trinajstić information content (AvgIpc) is 2.55. The molecule has 0 unspecified atom stereocenters. The van der Waals surface area contributed by atoms with Crippen molar-refractivity contribution in [2.24, 2.45) is 0 Å². The van der Waals surface area contributed by atoms with E-state index in [0.717, 1.165) is 30.4 Å². The summed E-state index contributed by atoms with van der Waals surface area (Å²) in [6, 6.07) is 3.57. The maximum absolute atomic E-state index is 13.0. The van der Waals surface area contributed by atoms with Crippen LogP contribution in [0.3, 0.4) is 0 Å². The molecule has 0 saturated carbocycles. The highest BCUT2D eigenvalue weighted by molar-refractivity contribution is 7.89. The summed E-state index contributed by atoms with van der Waals surface area (Å²) in [5.74, 6) is 0.468. The molecule has 2 rings (SSSR count). The molecule has 6 heteroatoms. The van der Waals surface area contributed by atoms with Crippen LogP contribution >= 0.6 is 0 Å². The van der Waals surface area contributed by atoms with E-state index < -0.39 is 10.0 Å². The Balaban J connectivity index is 2.29. The number of rotatable bonds is 7. The Morgan fingerprint density at radius 2 is 1.78 bits per heavy atom. The van der Waals surface area contributed by atoms with Crippen LogP contribution < -0.4 is 4.74 Å². The largest absolute Gasteiger partial charge is 0.492 e. The van der Waals surface area contributed by atoms with Gasteiger partial charge in [-0.1, -0.05) is 19.8 Å². The van der Waals surface area contributed by atoms with Crippen LogP contribution in [-0.2, 0) is 14.8 Å². The molecule has 1 aliphatic rings. The third-order valence-corrected chi connectivity index (χ3v) is 6.07. The first-order chi connectivity index (χ1) is 11.0. The van der Waals surface area contributed by atoms with Crippen molar-refractivity contribution in [1.29, 1.82) is 0 Å². The molecule has 1 heterocycles. The molecule has 0 spiro atoms. The predicted octanol–water partition coefficient (Wildman–Crippen LogP) is 2.89. The molecule has 0 amide bonds. The van der Waals surface area contributed by atoms with E-state index in [2.05, 4.69) is 6.92 Å². The number of ether oxygens (including phenoxy) is 2. The summed E-state index contributed by atoms with van der Waals surface area (Å²) >= 11 is 0. The van der Waals surface area contributed by atoms with Crippen molar-refractivity contribution in [2.45, 2.75) is 44.9 Å². The molecule has 23 heavy (non-hydrogen) atoms. The fourth-order valence-electron chi connectivity index (χ4n) is 2.54. The molecular weight excluding hydrogens is 314 g/mol. The summed E-state index contributed by atoms with van der Waals surface area (Å²) in [5.41, 5.74) is 1.99. The maximum Gasteiger partial charge on any atom is 0.246 e. The number of nitrogens with zero attached hydrogens (tertiary/aromatic N) is 1. The third kappa shape index (κ3) is 4.46. The first kappa shape index (κ1) is 18.2. The van der Waals surface area contributed by atoms with E-state index in [1.54, 1.807) is 6.07 Å². The zero-order chi connectivity index (χ0) is 16.9. The quantitative estimate of drug-likeness (QED) is 0.716. The van der Waals surface area contributed by atoms with Gasteiger partial charge < -0.3 is 9.47 Å². The summed E-state index contributed by atoms with van der Waals surface area (Å²) in [5, 5.41) is 0. The second-order valence-corrected chi connectivity index (χ2v) is 7.86. The first-order valence-electron chi connectivity index (χ1n) is 8.28. The molecule has 0 bridgehead atoms. The zero-order valence-corrected chi connectivity index (χ0v) is 15.1. The van der Waals surface area contributed by atoms with Gasteiger partial charge in [-0.25, -0.2) is 8.42 Å². The van der Waals surface area contributed by atoms with Gasteiger partial charge in [-0.3, -0.25) is 0 Å². The molecule has 1 aromatic carbocycles. The normalized spacial score (nSPS) is 16.5. The van der Waals surface area contributed by atoms with Crippen molar-refractivity contribution in [3.8, 4) is 5.75 Å². The second-order valence-electron chi connectivity index (χ2n) is 5.96. The van der Waals surface area contributed by atoms with E-state index in [4.69, 9.17) is 9.47 Å². The molecule has 1 aromatic rings. The van der Waals surface area contributed by atoms with Gasteiger partial charge in [0.2, 0.25) is 10.0 Å². The van der Waals surface area contributed by atoms with Crippen molar-refractivity contribution in [2.75, 3.05) is 32.9 Å². The highest BCUT2D eigenvalue weighted by atomic mass is 32.2. The summed E-state index contributed by atoms with van der Waals surface area (Å²) in [4.78, 5) is 0.277. The smallest absolute Gasteiger partial charge is 0.246 e. The fraction of sp³-hybridized carbons (Fsp3) is 0.647.